The maximum Gasteiger partial charge on any atom is 0.346 e. The van der Waals surface area contributed by atoms with E-state index in [1.54, 1.807) is 12.1 Å². The summed E-state index contributed by atoms with van der Waals surface area (Å²) >= 11 is 0. The van der Waals surface area contributed by atoms with Crippen LogP contribution in [0.15, 0.2) is 39.1 Å². The van der Waals surface area contributed by atoms with Crippen LogP contribution in [0.3, 0.4) is 0 Å². The number of carbonyl (C=O) groups is 1. The van der Waals surface area contributed by atoms with E-state index in [0.29, 0.717) is 11.1 Å². The summed E-state index contributed by atoms with van der Waals surface area (Å²) in [5.74, 6) is -1.31. The molecule has 0 saturated heterocycles. The van der Waals surface area contributed by atoms with E-state index in [2.05, 4.69) is 38.7 Å². The number of carboxylic acid groups (broad SMARTS) is 1. The van der Waals surface area contributed by atoms with Crippen LogP contribution < -0.4 is 10.5 Å². The molecule has 0 fully saturated rings. The van der Waals surface area contributed by atoms with Crippen molar-refractivity contribution in [3.8, 4) is 6.07 Å². The van der Waals surface area contributed by atoms with Crippen molar-refractivity contribution < 1.29 is 14.3 Å². The summed E-state index contributed by atoms with van der Waals surface area (Å²) in [4.78, 5) is 26.1. The maximum absolute atomic E-state index is 12.8. The SMILES string of the molecule is CC1(C)CCN2CCC(C)(C)c3c2c1cc1cc(/C=C/C=C(/C#N)C(=O)O)c(=O)oc31. The highest BCUT2D eigenvalue weighted by atomic mass is 16.4. The molecule has 0 bridgehead atoms. The molecule has 3 heterocycles. The number of benzene rings is 1. The Balaban J connectivity index is 1.94. The minimum Gasteiger partial charge on any atom is -0.477 e. The number of anilines is 1. The summed E-state index contributed by atoms with van der Waals surface area (Å²) in [5, 5.41) is 18.7. The van der Waals surface area contributed by atoms with Crippen LogP contribution in [-0.2, 0) is 15.6 Å². The van der Waals surface area contributed by atoms with Gasteiger partial charge in [0.2, 0.25) is 0 Å². The summed E-state index contributed by atoms with van der Waals surface area (Å²) in [5.41, 5.74) is 3.56. The van der Waals surface area contributed by atoms with Crippen LogP contribution in [0, 0.1) is 11.3 Å². The molecule has 0 atom stereocenters. The number of fused-ring (bicyclic) bond motifs is 2. The van der Waals surface area contributed by atoms with E-state index in [0.717, 1.165) is 36.9 Å². The predicted octanol–water partition coefficient (Wildman–Crippen LogP) is 4.51. The van der Waals surface area contributed by atoms with E-state index >= 15 is 0 Å². The van der Waals surface area contributed by atoms with Gasteiger partial charge in [-0.3, -0.25) is 0 Å². The molecule has 4 rings (SSSR count). The van der Waals surface area contributed by atoms with Gasteiger partial charge in [-0.05, 0) is 53.5 Å². The fourth-order valence-electron chi connectivity index (χ4n) is 4.69. The summed E-state index contributed by atoms with van der Waals surface area (Å²) in [6.07, 6.45) is 6.10. The second-order valence-electron chi connectivity index (χ2n) is 9.67. The maximum atomic E-state index is 12.8. The molecule has 2 aliphatic heterocycles. The molecule has 160 valence electrons. The Morgan fingerprint density at radius 2 is 1.87 bits per heavy atom. The first-order valence-electron chi connectivity index (χ1n) is 10.5. The molecule has 0 unspecified atom stereocenters. The minimum atomic E-state index is -1.31. The van der Waals surface area contributed by atoms with Gasteiger partial charge in [0, 0.05) is 29.7 Å². The molecular formula is C25H26N2O4. The second kappa shape index (κ2) is 7.12. The topological polar surface area (TPSA) is 94.5 Å². The van der Waals surface area contributed by atoms with E-state index in [1.807, 2.05) is 0 Å². The van der Waals surface area contributed by atoms with Crippen molar-refractivity contribution in [2.24, 2.45) is 0 Å². The van der Waals surface area contributed by atoms with Crippen molar-refractivity contribution >= 4 is 28.7 Å². The van der Waals surface area contributed by atoms with Crippen LogP contribution in [0.25, 0.3) is 17.0 Å². The summed E-state index contributed by atoms with van der Waals surface area (Å²) in [6, 6.07) is 5.55. The zero-order valence-corrected chi connectivity index (χ0v) is 18.3. The number of hydrogen-bond acceptors (Lipinski definition) is 5. The molecule has 2 aromatic rings. The zero-order valence-electron chi connectivity index (χ0n) is 18.3. The summed E-state index contributed by atoms with van der Waals surface area (Å²) in [7, 11) is 0. The van der Waals surface area contributed by atoms with Gasteiger partial charge in [0.1, 0.15) is 17.2 Å². The molecule has 0 radical (unpaired) electrons. The number of nitrogens with zero attached hydrogens (tertiary/aromatic N) is 2. The van der Waals surface area contributed by atoms with Crippen molar-refractivity contribution in [2.45, 2.75) is 51.4 Å². The third-order valence-corrected chi connectivity index (χ3v) is 6.65. The lowest BCUT2D eigenvalue weighted by Gasteiger charge is -2.48. The third kappa shape index (κ3) is 3.44. The summed E-state index contributed by atoms with van der Waals surface area (Å²) in [6.45, 7) is 10.9. The van der Waals surface area contributed by atoms with Gasteiger partial charge in [0.15, 0.2) is 0 Å². The Bertz CT molecular complexity index is 1250. The highest BCUT2D eigenvalue weighted by Gasteiger charge is 2.41. The van der Waals surface area contributed by atoms with Crippen LogP contribution in [0.1, 0.15) is 57.2 Å². The third-order valence-electron chi connectivity index (χ3n) is 6.65. The molecule has 31 heavy (non-hydrogen) atoms. The standard InChI is InChI=1S/C25H26N2O4/c1-24(2)8-10-27-11-9-25(3,4)19-20(27)18(24)13-17-12-15(23(30)31-21(17)19)6-5-7-16(14-26)22(28)29/h5-7,12-13H,8-11H2,1-4H3,(H,28,29)/b6-5+,16-7-. The quantitative estimate of drug-likeness (QED) is 0.341. The molecule has 6 heteroatoms. The zero-order chi connectivity index (χ0) is 22.6. The number of rotatable bonds is 3. The van der Waals surface area contributed by atoms with Crippen LogP contribution in [-0.4, -0.2) is 24.2 Å². The molecule has 0 saturated carbocycles. The molecular weight excluding hydrogens is 392 g/mol. The van der Waals surface area contributed by atoms with Crippen molar-refractivity contribution in [2.75, 3.05) is 18.0 Å². The van der Waals surface area contributed by atoms with Gasteiger partial charge in [-0.15, -0.1) is 0 Å². The van der Waals surface area contributed by atoms with Gasteiger partial charge < -0.3 is 14.4 Å². The van der Waals surface area contributed by atoms with Gasteiger partial charge in [0.25, 0.3) is 0 Å². The molecule has 0 amide bonds. The van der Waals surface area contributed by atoms with Crippen molar-refractivity contribution in [1.29, 1.82) is 5.26 Å². The monoisotopic (exact) mass is 418 g/mol. The lowest BCUT2D eigenvalue weighted by molar-refractivity contribution is -0.132. The first kappa shape index (κ1) is 20.9. The van der Waals surface area contributed by atoms with Gasteiger partial charge >= 0.3 is 11.6 Å². The lowest BCUT2D eigenvalue weighted by atomic mass is 9.69. The molecule has 1 aromatic carbocycles. The molecule has 2 aliphatic rings. The average Bonchev–Trinajstić information content (AvgIpc) is 2.69. The summed E-state index contributed by atoms with van der Waals surface area (Å²) < 4.78 is 5.86. The van der Waals surface area contributed by atoms with Gasteiger partial charge in [-0.1, -0.05) is 33.8 Å². The van der Waals surface area contributed by atoms with Crippen LogP contribution in [0.2, 0.25) is 0 Å². The number of carboxylic acids is 1. The fraction of sp³-hybridized carbons (Fsp3) is 0.400. The van der Waals surface area contributed by atoms with Crippen LogP contribution in [0.5, 0.6) is 0 Å². The van der Waals surface area contributed by atoms with E-state index < -0.39 is 17.2 Å². The Morgan fingerprint density at radius 1 is 1.19 bits per heavy atom. The van der Waals surface area contributed by atoms with Gasteiger partial charge in [0.05, 0.1) is 5.56 Å². The van der Waals surface area contributed by atoms with E-state index in [1.165, 1.54) is 29.5 Å². The Labute approximate surface area is 181 Å². The fourth-order valence-corrected chi connectivity index (χ4v) is 4.69. The predicted molar refractivity (Wildman–Crippen MR) is 120 cm³/mol. The lowest BCUT2D eigenvalue weighted by Crippen LogP contribution is -2.44. The average molecular weight is 418 g/mol. The van der Waals surface area contributed by atoms with Crippen molar-refractivity contribution in [3.63, 3.8) is 0 Å². The van der Waals surface area contributed by atoms with E-state index in [-0.39, 0.29) is 10.8 Å². The smallest absolute Gasteiger partial charge is 0.346 e. The molecule has 1 N–H and O–H groups in total. The Hall–Kier alpha value is -3.33. The van der Waals surface area contributed by atoms with E-state index in [4.69, 9.17) is 14.8 Å². The normalized spacial score (nSPS) is 19.3. The van der Waals surface area contributed by atoms with Gasteiger partial charge in [-0.25, -0.2) is 9.59 Å². The largest absolute Gasteiger partial charge is 0.477 e. The molecule has 0 aliphatic carbocycles. The first-order valence-corrected chi connectivity index (χ1v) is 10.5. The molecule has 6 nitrogen and oxygen atoms in total. The van der Waals surface area contributed by atoms with Crippen LogP contribution in [0.4, 0.5) is 5.69 Å². The molecule has 1 aromatic heterocycles. The van der Waals surface area contributed by atoms with Crippen LogP contribution >= 0.6 is 0 Å². The van der Waals surface area contributed by atoms with Crippen molar-refractivity contribution in [3.05, 3.63) is 57.0 Å². The Kier molecular flexibility index (Phi) is 4.81. The minimum absolute atomic E-state index is 0.0141. The second-order valence-corrected chi connectivity index (χ2v) is 9.67. The number of nitriles is 1. The highest BCUT2D eigenvalue weighted by molar-refractivity contribution is 5.92. The number of hydrogen-bond donors (Lipinski definition) is 1. The van der Waals surface area contributed by atoms with Gasteiger partial charge in [-0.2, -0.15) is 5.26 Å². The number of allylic oxidation sites excluding steroid dienone is 2. The van der Waals surface area contributed by atoms with E-state index in [9.17, 15) is 9.59 Å². The molecule has 0 spiro atoms. The first-order chi connectivity index (χ1) is 14.5. The Morgan fingerprint density at radius 3 is 2.52 bits per heavy atom. The van der Waals surface area contributed by atoms with Crippen molar-refractivity contribution in [1.82, 2.24) is 0 Å². The number of aliphatic carboxylic acids is 1. The highest BCUT2D eigenvalue weighted by Crippen LogP contribution is 2.51.